The average Bonchev–Trinajstić information content (AvgIpc) is 3.12. The van der Waals surface area contributed by atoms with Crippen LogP contribution in [0, 0.1) is 13.8 Å². The van der Waals surface area contributed by atoms with Crippen LogP contribution in [0.4, 0.5) is 0 Å². The van der Waals surface area contributed by atoms with Crippen molar-refractivity contribution in [3.8, 4) is 34.1 Å². The van der Waals surface area contributed by atoms with Gasteiger partial charge in [0, 0.05) is 27.5 Å². The minimum absolute atomic E-state index is 0.123. The molecule has 264 valence electrons. The highest BCUT2D eigenvalue weighted by atomic mass is 31.1. The molecule has 0 aliphatic heterocycles. The number of benzene rings is 7. The summed E-state index contributed by atoms with van der Waals surface area (Å²) in [6, 6.07) is 41.9. The normalized spacial score (nSPS) is 12.5. The molecular weight excluding hydrogens is 678 g/mol. The topological polar surface area (TPSA) is 36.9 Å². The number of rotatable bonds is 9. The number of aryl methyl sites for hydroxylation is 1. The van der Waals surface area contributed by atoms with E-state index in [0.717, 1.165) is 72.2 Å². The van der Waals surface area contributed by atoms with E-state index >= 15 is 0 Å². The fourth-order valence-electron chi connectivity index (χ4n) is 7.11. The fourth-order valence-corrected chi connectivity index (χ4v) is 8.28. The zero-order chi connectivity index (χ0) is 36.6. The Labute approximate surface area is 311 Å². The Morgan fingerprint density at radius 2 is 0.942 bits per heavy atom. The summed E-state index contributed by atoms with van der Waals surface area (Å²) in [6.07, 6.45) is 0. The molecule has 4 nitrogen and oxygen atoms in total. The number of hydrogen-bond donors (Lipinski definition) is 0. The molecule has 0 bridgehead atoms. The second-order valence-corrected chi connectivity index (χ2v) is 16.6. The summed E-state index contributed by atoms with van der Waals surface area (Å²) in [5.41, 5.74) is 6.40. The van der Waals surface area contributed by atoms with Gasteiger partial charge in [0.15, 0.2) is 0 Å². The van der Waals surface area contributed by atoms with E-state index in [-0.39, 0.29) is 28.9 Å². The lowest BCUT2D eigenvalue weighted by atomic mass is 9.75. The van der Waals surface area contributed by atoms with Gasteiger partial charge in [-0.15, -0.1) is 0 Å². The van der Waals surface area contributed by atoms with Crippen LogP contribution in [0.3, 0.4) is 0 Å². The largest absolute Gasteiger partial charge is 0.440 e. The molecule has 7 aromatic carbocycles. The van der Waals surface area contributed by atoms with Gasteiger partial charge in [-0.3, -0.25) is 0 Å². The van der Waals surface area contributed by atoms with E-state index in [9.17, 15) is 0 Å². The SMILES string of the molecule is Cc1c(C(C)(C)C)cc(C(C)(C)C)c(OPOc2cccc3ccccc23)c1-c1c(OPOc2ccc(C)c3ccccc23)ccc2ccccc12. The standard InChI is InChI=1S/C46H46O4P2/c1-29-24-26-40(36-22-14-13-19-33(29)36)48-51-49-41-27-25-32-17-10-12-21-35(32)43(41)42-30(2)37(45(3,4)5)28-38(46(6,7)8)44(42)50-52-47-39-23-15-18-31-16-9-11-20-34(31)39/h9-28,51-52H,1-8H3. The second-order valence-electron chi connectivity index (χ2n) is 15.4. The van der Waals surface area contributed by atoms with E-state index in [1.807, 2.05) is 36.4 Å². The van der Waals surface area contributed by atoms with Crippen LogP contribution in [0.15, 0.2) is 121 Å². The molecule has 2 unspecified atom stereocenters. The average molecular weight is 725 g/mol. The molecule has 0 aliphatic carbocycles. The monoisotopic (exact) mass is 724 g/mol. The molecule has 0 radical (unpaired) electrons. The Bertz CT molecular complexity index is 2420. The van der Waals surface area contributed by atoms with Gasteiger partial charge in [-0.05, 0) is 81.1 Å². The van der Waals surface area contributed by atoms with Crippen molar-refractivity contribution in [2.45, 2.75) is 66.2 Å². The highest BCUT2D eigenvalue weighted by Crippen LogP contribution is 2.52. The number of fused-ring (bicyclic) bond motifs is 3. The molecule has 52 heavy (non-hydrogen) atoms. The molecule has 6 heteroatoms. The van der Waals surface area contributed by atoms with Crippen molar-refractivity contribution in [1.82, 2.24) is 0 Å². The van der Waals surface area contributed by atoms with Gasteiger partial charge in [0.25, 0.3) is 18.1 Å². The second kappa shape index (κ2) is 14.4. The van der Waals surface area contributed by atoms with Crippen molar-refractivity contribution in [1.29, 1.82) is 0 Å². The molecule has 7 rings (SSSR count). The van der Waals surface area contributed by atoms with E-state index in [0.29, 0.717) is 0 Å². The molecule has 0 heterocycles. The molecule has 0 aromatic heterocycles. The predicted octanol–water partition coefficient (Wildman–Crippen LogP) is 14.0. The van der Waals surface area contributed by atoms with Gasteiger partial charge >= 0.3 is 0 Å². The van der Waals surface area contributed by atoms with E-state index in [4.69, 9.17) is 18.1 Å². The summed E-state index contributed by atoms with van der Waals surface area (Å²) in [5, 5.41) is 6.64. The smallest absolute Gasteiger partial charge is 0.275 e. The minimum atomic E-state index is -0.272. The van der Waals surface area contributed by atoms with Crippen LogP contribution in [0.25, 0.3) is 43.4 Å². The lowest BCUT2D eigenvalue weighted by Gasteiger charge is -2.32. The first-order valence-corrected chi connectivity index (χ1v) is 19.4. The van der Waals surface area contributed by atoms with E-state index in [2.05, 4.69) is 140 Å². The zero-order valence-corrected chi connectivity index (χ0v) is 33.2. The van der Waals surface area contributed by atoms with Gasteiger partial charge in [0.1, 0.15) is 23.0 Å². The first-order chi connectivity index (χ1) is 24.9. The van der Waals surface area contributed by atoms with Crippen LogP contribution in [0.2, 0.25) is 0 Å². The van der Waals surface area contributed by atoms with Crippen LogP contribution in [0.5, 0.6) is 23.0 Å². The van der Waals surface area contributed by atoms with Crippen LogP contribution in [0.1, 0.15) is 63.8 Å². The molecule has 0 saturated heterocycles. The van der Waals surface area contributed by atoms with Crippen molar-refractivity contribution in [2.24, 2.45) is 0 Å². The van der Waals surface area contributed by atoms with Gasteiger partial charge in [-0.1, -0.05) is 145 Å². The van der Waals surface area contributed by atoms with Gasteiger partial charge in [-0.25, -0.2) is 0 Å². The Morgan fingerprint density at radius 3 is 1.63 bits per heavy atom. The Morgan fingerprint density at radius 1 is 0.423 bits per heavy atom. The van der Waals surface area contributed by atoms with Crippen molar-refractivity contribution in [3.63, 3.8) is 0 Å². The Balaban J connectivity index is 1.36. The van der Waals surface area contributed by atoms with E-state index < -0.39 is 0 Å². The van der Waals surface area contributed by atoms with E-state index in [1.165, 1.54) is 16.5 Å². The third-order valence-electron chi connectivity index (χ3n) is 9.75. The highest BCUT2D eigenvalue weighted by molar-refractivity contribution is 7.27. The van der Waals surface area contributed by atoms with Crippen LogP contribution < -0.4 is 18.1 Å². The molecule has 0 N–H and O–H groups in total. The van der Waals surface area contributed by atoms with Gasteiger partial charge in [0.2, 0.25) is 0 Å². The summed E-state index contributed by atoms with van der Waals surface area (Å²) in [6.45, 7) is 17.9. The maximum atomic E-state index is 6.91. The predicted molar refractivity (Wildman–Crippen MR) is 223 cm³/mol. The summed E-state index contributed by atoms with van der Waals surface area (Å²) in [5.74, 6) is 3.16. The lowest BCUT2D eigenvalue weighted by Crippen LogP contribution is -2.19. The molecule has 7 aromatic rings. The van der Waals surface area contributed by atoms with Crippen molar-refractivity contribution in [2.75, 3.05) is 0 Å². The molecule has 0 saturated carbocycles. The third-order valence-corrected chi connectivity index (χ3v) is 10.9. The van der Waals surface area contributed by atoms with Crippen LogP contribution in [-0.4, -0.2) is 0 Å². The molecular formula is C46H46O4P2. The highest BCUT2D eigenvalue weighted by Gasteiger charge is 2.31. The molecule has 0 aliphatic rings. The first kappa shape index (κ1) is 35.8. The van der Waals surface area contributed by atoms with Gasteiger partial charge in [0.05, 0.1) is 0 Å². The summed E-state index contributed by atoms with van der Waals surface area (Å²) >= 11 is 0. The minimum Gasteiger partial charge on any atom is -0.440 e. The maximum Gasteiger partial charge on any atom is 0.275 e. The van der Waals surface area contributed by atoms with Gasteiger partial charge < -0.3 is 18.1 Å². The summed E-state index contributed by atoms with van der Waals surface area (Å²) in [7, 11) is -0.537. The van der Waals surface area contributed by atoms with Crippen molar-refractivity contribution < 1.29 is 18.1 Å². The molecule has 0 amide bonds. The Kier molecular flexibility index (Phi) is 9.92. The van der Waals surface area contributed by atoms with Crippen molar-refractivity contribution >= 4 is 50.4 Å². The van der Waals surface area contributed by atoms with Crippen LogP contribution in [-0.2, 0) is 10.8 Å². The van der Waals surface area contributed by atoms with Crippen LogP contribution >= 0.6 is 18.1 Å². The summed E-state index contributed by atoms with van der Waals surface area (Å²) < 4.78 is 26.4. The first-order valence-electron chi connectivity index (χ1n) is 17.8. The lowest BCUT2D eigenvalue weighted by molar-refractivity contribution is 0.491. The summed E-state index contributed by atoms with van der Waals surface area (Å²) in [4.78, 5) is 0. The van der Waals surface area contributed by atoms with Gasteiger partial charge in [-0.2, -0.15) is 0 Å². The van der Waals surface area contributed by atoms with E-state index in [1.54, 1.807) is 0 Å². The zero-order valence-electron chi connectivity index (χ0n) is 31.2. The van der Waals surface area contributed by atoms with Crippen molar-refractivity contribution in [3.05, 3.63) is 144 Å². The number of hydrogen-bond acceptors (Lipinski definition) is 4. The quantitative estimate of drug-likeness (QED) is 0.139. The third kappa shape index (κ3) is 7.08. The fraction of sp³-hybridized carbons (Fsp3) is 0.217. The Hall–Kier alpha value is -4.62. The molecule has 0 fully saturated rings. The molecule has 0 spiro atoms. The maximum absolute atomic E-state index is 6.91. The molecule has 2 atom stereocenters.